The predicted octanol–water partition coefficient (Wildman–Crippen LogP) is 5.09. The molecule has 0 bridgehead atoms. The Morgan fingerprint density at radius 2 is 1.74 bits per heavy atom. The first-order chi connectivity index (χ1) is 20.2. The van der Waals surface area contributed by atoms with Crippen LogP contribution in [-0.4, -0.2) is 49.2 Å². The Balaban J connectivity index is 1.66. The third-order valence-corrected chi connectivity index (χ3v) is 6.28. The number of ether oxygens (including phenoxy) is 4. The van der Waals surface area contributed by atoms with Crippen LogP contribution in [0.25, 0.3) is 6.08 Å². The first-order valence-corrected chi connectivity index (χ1v) is 13.2. The number of rotatable bonds is 11. The molecule has 1 aliphatic rings. The third kappa shape index (κ3) is 6.47. The average molecular weight is 595 g/mol. The van der Waals surface area contributed by atoms with Gasteiger partial charge < -0.3 is 24.1 Å². The smallest absolute Gasteiger partial charge is 0.336 e. The van der Waals surface area contributed by atoms with Crippen molar-refractivity contribution in [2.45, 2.75) is 20.5 Å². The Labute approximate surface area is 246 Å². The van der Waals surface area contributed by atoms with Gasteiger partial charge in [-0.25, -0.2) is 14.5 Å². The number of nitrogens with zero attached hydrogens (tertiary/aromatic N) is 1. The number of nitrogens with one attached hydrogen (secondary N) is 1. The van der Waals surface area contributed by atoms with E-state index in [0.717, 1.165) is 4.90 Å². The number of urea groups is 1. The van der Waals surface area contributed by atoms with E-state index in [-0.39, 0.29) is 52.3 Å². The molecule has 11 nitrogen and oxygen atoms in total. The van der Waals surface area contributed by atoms with Gasteiger partial charge in [-0.05, 0) is 67.4 Å². The molecule has 12 heteroatoms. The first-order valence-electron chi connectivity index (χ1n) is 12.8. The second-order valence-corrected chi connectivity index (χ2v) is 9.19. The van der Waals surface area contributed by atoms with Gasteiger partial charge in [0.25, 0.3) is 11.8 Å². The maximum absolute atomic E-state index is 13.6. The number of carbonyl (C=O) groups is 4. The van der Waals surface area contributed by atoms with Crippen LogP contribution >= 0.6 is 11.6 Å². The minimum Gasteiger partial charge on any atom is -0.494 e. The number of methoxy groups -OCH3 is 1. The lowest BCUT2D eigenvalue weighted by molar-refractivity contribution is -0.122. The van der Waals surface area contributed by atoms with Gasteiger partial charge >= 0.3 is 12.0 Å². The molecule has 0 aromatic heterocycles. The van der Waals surface area contributed by atoms with Crippen molar-refractivity contribution < 1.29 is 43.2 Å². The van der Waals surface area contributed by atoms with Crippen molar-refractivity contribution in [3.05, 3.63) is 81.9 Å². The van der Waals surface area contributed by atoms with E-state index >= 15 is 0 Å². The fraction of sp³-hybridized carbons (Fsp3) is 0.200. The summed E-state index contributed by atoms with van der Waals surface area (Å²) >= 11 is 6.49. The molecule has 0 spiro atoms. The Morgan fingerprint density at radius 1 is 0.976 bits per heavy atom. The third-order valence-electron chi connectivity index (χ3n) is 6.00. The lowest BCUT2D eigenvalue weighted by atomic mass is 10.1. The van der Waals surface area contributed by atoms with E-state index in [4.69, 9.17) is 30.5 Å². The Hall–Kier alpha value is -5.03. The number of aromatic carboxylic acids is 1. The Morgan fingerprint density at radius 3 is 2.43 bits per heavy atom. The number of amides is 4. The first kappa shape index (κ1) is 29.9. The molecule has 218 valence electrons. The van der Waals surface area contributed by atoms with Gasteiger partial charge in [0, 0.05) is 6.07 Å². The molecule has 0 atom stereocenters. The van der Waals surface area contributed by atoms with Gasteiger partial charge in [-0.1, -0.05) is 23.7 Å². The highest BCUT2D eigenvalue weighted by Crippen LogP contribution is 2.39. The van der Waals surface area contributed by atoms with Crippen LogP contribution in [0, 0.1) is 0 Å². The molecular formula is C30H27ClN2O9. The lowest BCUT2D eigenvalue weighted by Crippen LogP contribution is -2.54. The summed E-state index contributed by atoms with van der Waals surface area (Å²) in [4.78, 5) is 51.3. The van der Waals surface area contributed by atoms with E-state index in [0.29, 0.717) is 23.5 Å². The minimum atomic E-state index is -1.07. The quantitative estimate of drug-likeness (QED) is 0.229. The van der Waals surface area contributed by atoms with Crippen molar-refractivity contribution in [2.24, 2.45) is 0 Å². The number of carboxylic acid groups (broad SMARTS) is 1. The normalized spacial score (nSPS) is 14.0. The van der Waals surface area contributed by atoms with E-state index in [1.807, 2.05) is 0 Å². The summed E-state index contributed by atoms with van der Waals surface area (Å²) in [6.07, 6.45) is 1.28. The zero-order valence-electron chi connectivity index (χ0n) is 22.9. The van der Waals surface area contributed by atoms with Crippen LogP contribution in [0.2, 0.25) is 5.02 Å². The lowest BCUT2D eigenvalue weighted by Gasteiger charge is -2.28. The number of carboxylic acids is 1. The van der Waals surface area contributed by atoms with E-state index in [9.17, 15) is 24.3 Å². The number of hydrogen-bond acceptors (Lipinski definition) is 8. The van der Waals surface area contributed by atoms with Crippen molar-refractivity contribution in [3.8, 4) is 23.0 Å². The van der Waals surface area contributed by atoms with Crippen LogP contribution in [-0.2, 0) is 16.2 Å². The zero-order chi connectivity index (χ0) is 30.4. The number of barbiturate groups is 1. The summed E-state index contributed by atoms with van der Waals surface area (Å²) in [7, 11) is 1.39. The number of halogens is 1. The molecule has 1 aliphatic heterocycles. The van der Waals surface area contributed by atoms with Crippen LogP contribution in [0.3, 0.4) is 0 Å². The number of hydrogen-bond donors (Lipinski definition) is 2. The van der Waals surface area contributed by atoms with Crippen LogP contribution in [0.4, 0.5) is 10.5 Å². The van der Waals surface area contributed by atoms with Crippen molar-refractivity contribution in [1.29, 1.82) is 0 Å². The summed E-state index contributed by atoms with van der Waals surface area (Å²) in [6.45, 7) is 4.17. The molecular weight excluding hydrogens is 568 g/mol. The molecule has 1 fully saturated rings. The van der Waals surface area contributed by atoms with E-state index < -0.39 is 23.8 Å². The standard InChI is InChI=1S/C30H27ClN2O9/c1-4-40-20-9-10-24(41-5-2)23(15-20)33-28(35)21(27(34)32-30(33)38)12-18-13-22(31)26(25(14-18)39-3)42-16-17-7-6-8-19(11-17)29(36)37/h6-15H,4-5,16H2,1-3H3,(H,36,37)(H,32,34,38)/b21-12+. The van der Waals surface area contributed by atoms with Crippen molar-refractivity contribution in [1.82, 2.24) is 5.32 Å². The zero-order valence-corrected chi connectivity index (χ0v) is 23.7. The van der Waals surface area contributed by atoms with Crippen LogP contribution in [0.1, 0.15) is 35.3 Å². The summed E-state index contributed by atoms with van der Waals surface area (Å²) in [5.41, 5.74) is 0.787. The molecule has 3 aromatic carbocycles. The van der Waals surface area contributed by atoms with Crippen molar-refractivity contribution >= 4 is 47.2 Å². The molecule has 0 saturated carbocycles. The predicted molar refractivity (Wildman–Crippen MR) is 154 cm³/mol. The summed E-state index contributed by atoms with van der Waals surface area (Å²) in [5.74, 6) is -1.82. The Kier molecular flexibility index (Phi) is 9.33. The monoisotopic (exact) mass is 594 g/mol. The highest BCUT2D eigenvalue weighted by atomic mass is 35.5. The molecule has 0 unspecified atom stereocenters. The molecule has 42 heavy (non-hydrogen) atoms. The number of benzene rings is 3. The van der Waals surface area contributed by atoms with Gasteiger partial charge in [-0.15, -0.1) is 0 Å². The van der Waals surface area contributed by atoms with Gasteiger partial charge in [0.2, 0.25) is 0 Å². The van der Waals surface area contributed by atoms with Gasteiger partial charge in [-0.2, -0.15) is 0 Å². The van der Waals surface area contributed by atoms with E-state index in [1.165, 1.54) is 43.5 Å². The van der Waals surface area contributed by atoms with Crippen molar-refractivity contribution in [2.75, 3.05) is 25.2 Å². The topological polar surface area (TPSA) is 141 Å². The van der Waals surface area contributed by atoms with Gasteiger partial charge in [0.15, 0.2) is 11.5 Å². The number of imide groups is 2. The summed E-state index contributed by atoms with van der Waals surface area (Å²) in [5, 5.41) is 11.5. The molecule has 1 heterocycles. The molecule has 1 saturated heterocycles. The molecule has 0 radical (unpaired) electrons. The summed E-state index contributed by atoms with van der Waals surface area (Å²) in [6, 6.07) is 13.0. The van der Waals surface area contributed by atoms with E-state index in [2.05, 4.69) is 5.32 Å². The molecule has 4 amide bonds. The van der Waals surface area contributed by atoms with Crippen LogP contribution in [0.5, 0.6) is 23.0 Å². The Bertz CT molecular complexity index is 1580. The number of anilines is 1. The fourth-order valence-electron chi connectivity index (χ4n) is 4.16. The van der Waals surface area contributed by atoms with Crippen molar-refractivity contribution in [3.63, 3.8) is 0 Å². The molecule has 4 rings (SSSR count). The highest BCUT2D eigenvalue weighted by molar-refractivity contribution is 6.39. The number of carbonyl (C=O) groups excluding carboxylic acids is 3. The second-order valence-electron chi connectivity index (χ2n) is 8.78. The SMILES string of the molecule is CCOc1ccc(OCC)c(N2C(=O)NC(=O)/C(=C\c3cc(Cl)c(OCc4cccc(C(=O)O)c4)c(OC)c3)C2=O)c1. The highest BCUT2D eigenvalue weighted by Gasteiger charge is 2.38. The van der Waals surface area contributed by atoms with Crippen LogP contribution in [0.15, 0.2) is 60.2 Å². The molecule has 0 aliphatic carbocycles. The second kappa shape index (κ2) is 13.1. The van der Waals surface area contributed by atoms with Crippen LogP contribution < -0.4 is 29.2 Å². The van der Waals surface area contributed by atoms with Gasteiger partial charge in [0.05, 0.1) is 36.6 Å². The van der Waals surface area contributed by atoms with Gasteiger partial charge in [0.1, 0.15) is 23.7 Å². The van der Waals surface area contributed by atoms with Gasteiger partial charge in [-0.3, -0.25) is 14.9 Å². The maximum atomic E-state index is 13.6. The summed E-state index contributed by atoms with van der Waals surface area (Å²) < 4.78 is 22.4. The average Bonchev–Trinajstić information content (AvgIpc) is 2.96. The maximum Gasteiger partial charge on any atom is 0.336 e. The molecule has 2 N–H and O–H groups in total. The minimum absolute atomic E-state index is 0.00142. The molecule has 3 aromatic rings. The fourth-order valence-corrected chi connectivity index (χ4v) is 4.44. The largest absolute Gasteiger partial charge is 0.494 e. The van der Waals surface area contributed by atoms with E-state index in [1.54, 1.807) is 38.1 Å².